The lowest BCUT2D eigenvalue weighted by molar-refractivity contribution is -0.186. The first-order chi connectivity index (χ1) is 12.3. The molecule has 0 aliphatic carbocycles. The Labute approximate surface area is 155 Å². The van der Waals surface area contributed by atoms with Gasteiger partial charge in [0.15, 0.2) is 23.7 Å². The summed E-state index contributed by atoms with van der Waals surface area (Å²) in [6, 6.07) is 3.53. The fraction of sp³-hybridized carbons (Fsp3) is 0.529. The number of thioether (sulfide) groups is 1. The van der Waals surface area contributed by atoms with Gasteiger partial charge in [0.1, 0.15) is 5.75 Å². The molecule has 2 rings (SSSR count). The van der Waals surface area contributed by atoms with Crippen LogP contribution in [-0.4, -0.2) is 52.4 Å². The standard InChI is InChI=1S/C17H21NO7S/c1-9-5-6-13(7-18-9)25-17-16(24-12(4)21)15(23-11(3)20)14(8-26-17)22-10(2)19/h5-7,14-17H,8H2,1-4H3/t14-,15+,16-,17-/m1/s1. The van der Waals surface area contributed by atoms with Crippen molar-refractivity contribution in [2.75, 3.05) is 5.75 Å². The van der Waals surface area contributed by atoms with E-state index >= 15 is 0 Å². The number of carbonyl (C=O) groups excluding carboxylic acids is 3. The molecule has 2 heterocycles. The molecule has 142 valence electrons. The van der Waals surface area contributed by atoms with Crippen LogP contribution >= 0.6 is 11.8 Å². The molecule has 0 amide bonds. The Balaban J connectivity index is 2.25. The van der Waals surface area contributed by atoms with Crippen LogP contribution in [-0.2, 0) is 28.6 Å². The Kier molecular flexibility index (Phi) is 6.84. The lowest BCUT2D eigenvalue weighted by Crippen LogP contribution is -2.55. The number of pyridine rings is 1. The van der Waals surface area contributed by atoms with Crippen LogP contribution in [0.4, 0.5) is 0 Å². The van der Waals surface area contributed by atoms with Gasteiger partial charge in [-0.15, -0.1) is 11.8 Å². The van der Waals surface area contributed by atoms with E-state index in [-0.39, 0.29) is 0 Å². The Morgan fingerprint density at radius 3 is 2.15 bits per heavy atom. The van der Waals surface area contributed by atoms with Crippen molar-refractivity contribution in [2.24, 2.45) is 0 Å². The third kappa shape index (κ3) is 5.62. The van der Waals surface area contributed by atoms with Gasteiger partial charge >= 0.3 is 17.9 Å². The molecular weight excluding hydrogens is 362 g/mol. The van der Waals surface area contributed by atoms with Gasteiger partial charge in [-0.3, -0.25) is 19.4 Å². The van der Waals surface area contributed by atoms with E-state index in [4.69, 9.17) is 18.9 Å². The summed E-state index contributed by atoms with van der Waals surface area (Å²) in [5.41, 5.74) is 0.178. The van der Waals surface area contributed by atoms with Gasteiger partial charge in [0.05, 0.1) is 6.20 Å². The molecule has 1 fully saturated rings. The SMILES string of the molecule is CC(=O)O[C@@H]1[C@@H](OC(C)=O)[C@H](OC(C)=O)CS[C@H]1Oc1ccc(C)nc1. The highest BCUT2D eigenvalue weighted by Gasteiger charge is 2.47. The molecule has 1 aliphatic heterocycles. The van der Waals surface area contributed by atoms with Crippen molar-refractivity contribution in [3.8, 4) is 5.75 Å². The van der Waals surface area contributed by atoms with E-state index in [1.165, 1.54) is 32.5 Å². The van der Waals surface area contributed by atoms with Gasteiger partial charge in [0, 0.05) is 32.2 Å². The monoisotopic (exact) mass is 383 g/mol. The Morgan fingerprint density at radius 1 is 1.00 bits per heavy atom. The number of aromatic nitrogens is 1. The van der Waals surface area contributed by atoms with Crippen LogP contribution < -0.4 is 4.74 Å². The molecule has 1 aliphatic rings. The molecule has 0 radical (unpaired) electrons. The third-order valence-electron chi connectivity index (χ3n) is 3.44. The van der Waals surface area contributed by atoms with Crippen molar-refractivity contribution < 1.29 is 33.3 Å². The summed E-state index contributed by atoms with van der Waals surface area (Å²) in [6.07, 6.45) is -1.10. The minimum absolute atomic E-state index is 0.319. The lowest BCUT2D eigenvalue weighted by atomic mass is 10.1. The van der Waals surface area contributed by atoms with Gasteiger partial charge in [-0.05, 0) is 19.1 Å². The molecule has 0 saturated carbocycles. The number of rotatable bonds is 5. The number of carbonyl (C=O) groups is 3. The average molecular weight is 383 g/mol. The first-order valence-electron chi connectivity index (χ1n) is 7.99. The largest absolute Gasteiger partial charge is 0.474 e. The first-order valence-corrected chi connectivity index (χ1v) is 9.03. The second kappa shape index (κ2) is 8.88. The molecule has 0 aromatic carbocycles. The van der Waals surface area contributed by atoms with Gasteiger partial charge in [-0.1, -0.05) is 0 Å². The van der Waals surface area contributed by atoms with Crippen molar-refractivity contribution in [3.63, 3.8) is 0 Å². The zero-order valence-corrected chi connectivity index (χ0v) is 15.8. The highest BCUT2D eigenvalue weighted by molar-refractivity contribution is 7.99. The van der Waals surface area contributed by atoms with E-state index in [2.05, 4.69) is 4.98 Å². The molecule has 0 spiro atoms. The van der Waals surface area contributed by atoms with Crippen LogP contribution in [0.3, 0.4) is 0 Å². The molecule has 26 heavy (non-hydrogen) atoms. The van der Waals surface area contributed by atoms with E-state index in [1.807, 2.05) is 6.92 Å². The fourth-order valence-electron chi connectivity index (χ4n) is 2.47. The average Bonchev–Trinajstić information content (AvgIpc) is 2.53. The van der Waals surface area contributed by atoms with Gasteiger partial charge in [0.2, 0.25) is 0 Å². The number of ether oxygens (including phenoxy) is 4. The maximum atomic E-state index is 11.6. The maximum Gasteiger partial charge on any atom is 0.303 e. The first kappa shape index (κ1) is 20.0. The summed E-state index contributed by atoms with van der Waals surface area (Å²) in [5.74, 6) is -0.854. The van der Waals surface area contributed by atoms with Crippen LogP contribution in [0.1, 0.15) is 26.5 Å². The molecular formula is C17H21NO7S. The summed E-state index contributed by atoms with van der Waals surface area (Å²) in [6.45, 7) is 5.59. The smallest absolute Gasteiger partial charge is 0.303 e. The molecule has 4 atom stereocenters. The van der Waals surface area contributed by atoms with E-state index < -0.39 is 41.7 Å². The Morgan fingerprint density at radius 2 is 1.62 bits per heavy atom. The minimum Gasteiger partial charge on any atom is -0.474 e. The molecule has 9 heteroatoms. The van der Waals surface area contributed by atoms with Crippen molar-refractivity contribution in [3.05, 3.63) is 24.0 Å². The van der Waals surface area contributed by atoms with Crippen LogP contribution in [0.2, 0.25) is 0 Å². The van der Waals surface area contributed by atoms with Crippen LogP contribution in [0.5, 0.6) is 5.75 Å². The molecule has 8 nitrogen and oxygen atoms in total. The molecule has 0 N–H and O–H groups in total. The van der Waals surface area contributed by atoms with Crippen LogP contribution in [0, 0.1) is 6.92 Å². The molecule has 1 aromatic rings. The number of aryl methyl sites for hydroxylation is 1. The molecule has 0 bridgehead atoms. The minimum atomic E-state index is -0.968. The van der Waals surface area contributed by atoms with E-state index in [9.17, 15) is 14.4 Å². The molecule has 0 unspecified atom stereocenters. The summed E-state index contributed by atoms with van der Waals surface area (Å²) >= 11 is 1.30. The molecule has 1 saturated heterocycles. The predicted molar refractivity (Wildman–Crippen MR) is 92.5 cm³/mol. The summed E-state index contributed by atoms with van der Waals surface area (Å²) in [7, 11) is 0. The maximum absolute atomic E-state index is 11.6. The van der Waals surface area contributed by atoms with Crippen molar-refractivity contribution in [1.82, 2.24) is 4.98 Å². The van der Waals surface area contributed by atoms with Crippen LogP contribution in [0.25, 0.3) is 0 Å². The van der Waals surface area contributed by atoms with Gasteiger partial charge < -0.3 is 18.9 Å². The van der Waals surface area contributed by atoms with Crippen molar-refractivity contribution >= 4 is 29.7 Å². The summed E-state index contributed by atoms with van der Waals surface area (Å²) < 4.78 is 21.8. The second-order valence-electron chi connectivity index (χ2n) is 5.75. The number of nitrogens with zero attached hydrogens (tertiary/aromatic N) is 1. The lowest BCUT2D eigenvalue weighted by Gasteiger charge is -2.39. The van der Waals surface area contributed by atoms with E-state index in [0.717, 1.165) is 5.69 Å². The Hall–Kier alpha value is -2.29. The summed E-state index contributed by atoms with van der Waals surface area (Å²) in [5, 5.41) is 0. The van der Waals surface area contributed by atoms with Gasteiger partial charge in [-0.25, -0.2) is 0 Å². The highest BCUT2D eigenvalue weighted by atomic mass is 32.2. The van der Waals surface area contributed by atoms with E-state index in [1.54, 1.807) is 18.3 Å². The van der Waals surface area contributed by atoms with Gasteiger partial charge in [-0.2, -0.15) is 0 Å². The third-order valence-corrected chi connectivity index (χ3v) is 4.66. The fourth-order valence-corrected chi connectivity index (χ4v) is 3.68. The zero-order valence-electron chi connectivity index (χ0n) is 15.0. The van der Waals surface area contributed by atoms with Crippen LogP contribution in [0.15, 0.2) is 18.3 Å². The quantitative estimate of drug-likeness (QED) is 0.554. The number of hydrogen-bond acceptors (Lipinski definition) is 9. The number of esters is 3. The predicted octanol–water partition coefficient (Wildman–Crippen LogP) is 1.64. The van der Waals surface area contributed by atoms with E-state index in [0.29, 0.717) is 11.5 Å². The normalized spacial score (nSPS) is 25.1. The molecule has 1 aromatic heterocycles. The Bertz CT molecular complexity index is 664. The van der Waals surface area contributed by atoms with Crippen molar-refractivity contribution in [2.45, 2.75) is 51.4 Å². The topological polar surface area (TPSA) is 101 Å². The second-order valence-corrected chi connectivity index (χ2v) is 6.88. The zero-order chi connectivity index (χ0) is 19.3. The van der Waals surface area contributed by atoms with Crippen molar-refractivity contribution in [1.29, 1.82) is 0 Å². The summed E-state index contributed by atoms with van der Waals surface area (Å²) in [4.78, 5) is 38.6. The number of hydrogen-bond donors (Lipinski definition) is 0. The van der Waals surface area contributed by atoms with Gasteiger partial charge in [0.25, 0.3) is 0 Å². The highest BCUT2D eigenvalue weighted by Crippen LogP contribution is 2.34.